The summed E-state index contributed by atoms with van der Waals surface area (Å²) in [6.07, 6.45) is 0. The summed E-state index contributed by atoms with van der Waals surface area (Å²) in [5.74, 6) is 0.411. The van der Waals surface area contributed by atoms with Crippen LogP contribution in [-0.2, 0) is 0 Å². The summed E-state index contributed by atoms with van der Waals surface area (Å²) in [4.78, 5) is 12.8. The van der Waals surface area contributed by atoms with E-state index in [1.807, 2.05) is 39.0 Å². The molecule has 0 atom stereocenters. The van der Waals surface area contributed by atoms with Crippen molar-refractivity contribution in [3.05, 3.63) is 28.1 Å². The van der Waals surface area contributed by atoms with Crippen molar-refractivity contribution in [2.75, 3.05) is 7.11 Å². The highest BCUT2D eigenvalue weighted by molar-refractivity contribution is 7.80. The number of amides is 1. The highest BCUT2D eigenvalue weighted by atomic mass is 35.5. The van der Waals surface area contributed by atoms with Crippen molar-refractivity contribution in [3.8, 4) is 5.75 Å². The number of carbonyl (C=O) groups is 1. The molecule has 2 aromatic rings. The van der Waals surface area contributed by atoms with E-state index in [1.165, 1.54) is 11.3 Å². The molecule has 0 aliphatic carbocycles. The number of methoxy groups -OCH3 is 1. The van der Waals surface area contributed by atoms with E-state index in [4.69, 9.17) is 28.6 Å². The average Bonchev–Trinajstić information content (AvgIpc) is 2.73. The third-order valence-corrected chi connectivity index (χ3v) is 4.62. The number of ether oxygens (including phenoxy) is 1. The normalized spacial score (nSPS) is 11.3. The molecule has 118 valence electrons. The van der Waals surface area contributed by atoms with Gasteiger partial charge in [0.25, 0.3) is 5.91 Å². The number of benzene rings is 1. The summed E-state index contributed by atoms with van der Waals surface area (Å²) in [7, 11) is 1.60. The molecule has 1 heterocycles. The van der Waals surface area contributed by atoms with E-state index in [1.54, 1.807) is 7.11 Å². The zero-order valence-corrected chi connectivity index (χ0v) is 15.1. The van der Waals surface area contributed by atoms with Crippen LogP contribution in [0.5, 0.6) is 5.75 Å². The summed E-state index contributed by atoms with van der Waals surface area (Å²) < 4.78 is 6.08. The number of nitrogens with one attached hydrogen (secondary N) is 2. The van der Waals surface area contributed by atoms with Crippen LogP contribution in [0.3, 0.4) is 0 Å². The number of rotatable bonds is 2. The summed E-state index contributed by atoms with van der Waals surface area (Å²) in [5.41, 5.74) is -0.221. The average molecular weight is 357 g/mol. The summed E-state index contributed by atoms with van der Waals surface area (Å²) in [5, 5.41) is 7.23. The number of thiophene rings is 1. The van der Waals surface area contributed by atoms with Gasteiger partial charge in [-0.05, 0) is 51.2 Å². The van der Waals surface area contributed by atoms with Gasteiger partial charge in [0, 0.05) is 15.6 Å². The molecule has 0 fully saturated rings. The van der Waals surface area contributed by atoms with Crippen molar-refractivity contribution in [1.29, 1.82) is 0 Å². The second-order valence-corrected chi connectivity index (χ2v) is 7.60. The highest BCUT2D eigenvalue weighted by Gasteiger charge is 2.20. The van der Waals surface area contributed by atoms with Crippen molar-refractivity contribution in [2.24, 2.45) is 0 Å². The lowest BCUT2D eigenvalue weighted by Gasteiger charge is -2.22. The lowest BCUT2D eigenvalue weighted by Crippen LogP contribution is -2.47. The molecule has 2 N–H and O–H groups in total. The number of thiocarbonyl (C=S) groups is 1. The van der Waals surface area contributed by atoms with Gasteiger partial charge in [-0.15, -0.1) is 11.3 Å². The Hall–Kier alpha value is -1.37. The number of halogens is 1. The van der Waals surface area contributed by atoms with Crippen molar-refractivity contribution < 1.29 is 9.53 Å². The van der Waals surface area contributed by atoms with E-state index in [0.29, 0.717) is 9.90 Å². The molecule has 0 radical (unpaired) electrons. The van der Waals surface area contributed by atoms with Crippen molar-refractivity contribution >= 4 is 56.3 Å². The molecule has 22 heavy (non-hydrogen) atoms. The lowest BCUT2D eigenvalue weighted by molar-refractivity contribution is 0.0980. The Labute approximate surface area is 143 Å². The SMILES string of the molecule is COc1ccc2c(Cl)c(C(=O)NC(=S)NC(C)(C)C)sc2c1. The van der Waals surface area contributed by atoms with E-state index in [2.05, 4.69) is 10.6 Å². The van der Waals surface area contributed by atoms with E-state index in [-0.39, 0.29) is 16.6 Å². The molecule has 7 heteroatoms. The number of carbonyl (C=O) groups excluding carboxylic acids is 1. The maximum absolute atomic E-state index is 12.3. The Bertz CT molecular complexity index is 735. The quantitative estimate of drug-likeness (QED) is 0.799. The first kappa shape index (κ1) is 17.0. The summed E-state index contributed by atoms with van der Waals surface area (Å²) in [6.45, 7) is 5.89. The number of hydrogen-bond acceptors (Lipinski definition) is 4. The molecule has 1 aromatic carbocycles. The predicted octanol–water partition coefficient (Wildman–Crippen LogP) is 3.97. The first-order chi connectivity index (χ1) is 10.2. The number of fused-ring (bicyclic) bond motifs is 1. The minimum absolute atomic E-state index is 0.221. The van der Waals surface area contributed by atoms with E-state index in [9.17, 15) is 4.79 Å². The third kappa shape index (κ3) is 3.88. The minimum Gasteiger partial charge on any atom is -0.497 e. The second-order valence-electron chi connectivity index (χ2n) is 5.77. The molecule has 1 aromatic heterocycles. The molecule has 2 rings (SSSR count). The van der Waals surface area contributed by atoms with Crippen LogP contribution in [0.15, 0.2) is 18.2 Å². The second kappa shape index (κ2) is 6.40. The molecule has 0 unspecified atom stereocenters. The van der Waals surface area contributed by atoms with Crippen LogP contribution in [0, 0.1) is 0 Å². The molecule has 4 nitrogen and oxygen atoms in total. The van der Waals surface area contributed by atoms with Gasteiger partial charge in [0.2, 0.25) is 0 Å². The largest absolute Gasteiger partial charge is 0.497 e. The Balaban J connectivity index is 2.25. The Kier molecular flexibility index (Phi) is 4.94. The first-order valence-corrected chi connectivity index (χ1v) is 8.21. The summed E-state index contributed by atoms with van der Waals surface area (Å²) >= 11 is 12.8. The zero-order chi connectivity index (χ0) is 16.5. The van der Waals surface area contributed by atoms with Gasteiger partial charge in [0.1, 0.15) is 10.6 Å². The summed E-state index contributed by atoms with van der Waals surface area (Å²) in [6, 6.07) is 5.51. The molecule has 0 saturated carbocycles. The molecule has 0 aliphatic heterocycles. The lowest BCUT2D eigenvalue weighted by atomic mass is 10.1. The standard InChI is InChI=1S/C15H17ClN2O2S2/c1-15(2,3)18-14(21)17-13(19)12-11(16)9-6-5-8(20-4)7-10(9)22-12/h5-7H,1-4H3,(H2,17,18,19,21). The van der Waals surface area contributed by atoms with Crippen molar-refractivity contribution in [3.63, 3.8) is 0 Å². The molecule has 0 aliphatic rings. The molecule has 0 saturated heterocycles. The Morgan fingerprint density at radius 3 is 2.64 bits per heavy atom. The van der Waals surface area contributed by atoms with E-state index < -0.39 is 0 Å². The van der Waals surface area contributed by atoms with Gasteiger partial charge in [0.15, 0.2) is 5.11 Å². The Morgan fingerprint density at radius 1 is 1.36 bits per heavy atom. The molecular formula is C15H17ClN2O2S2. The zero-order valence-electron chi connectivity index (χ0n) is 12.7. The van der Waals surface area contributed by atoms with Gasteiger partial charge >= 0.3 is 0 Å². The van der Waals surface area contributed by atoms with Crippen LogP contribution in [0.4, 0.5) is 0 Å². The van der Waals surface area contributed by atoms with Gasteiger partial charge in [-0.2, -0.15) is 0 Å². The maximum Gasteiger partial charge on any atom is 0.269 e. The van der Waals surface area contributed by atoms with E-state index in [0.717, 1.165) is 15.8 Å². The van der Waals surface area contributed by atoms with Gasteiger partial charge in [-0.1, -0.05) is 11.6 Å². The Morgan fingerprint density at radius 2 is 2.05 bits per heavy atom. The molecule has 0 bridgehead atoms. The molecular weight excluding hydrogens is 340 g/mol. The highest BCUT2D eigenvalue weighted by Crippen LogP contribution is 2.37. The van der Waals surface area contributed by atoms with Crippen LogP contribution < -0.4 is 15.4 Å². The van der Waals surface area contributed by atoms with Gasteiger partial charge in [-0.25, -0.2) is 0 Å². The van der Waals surface area contributed by atoms with Crippen molar-refractivity contribution in [1.82, 2.24) is 10.6 Å². The predicted molar refractivity (Wildman–Crippen MR) is 96.3 cm³/mol. The fourth-order valence-corrected chi connectivity index (χ4v) is 3.69. The van der Waals surface area contributed by atoms with Gasteiger partial charge < -0.3 is 10.1 Å². The van der Waals surface area contributed by atoms with Crippen LogP contribution >= 0.6 is 35.2 Å². The smallest absolute Gasteiger partial charge is 0.269 e. The first-order valence-electron chi connectivity index (χ1n) is 6.61. The monoisotopic (exact) mass is 356 g/mol. The van der Waals surface area contributed by atoms with Crippen LogP contribution in [0.1, 0.15) is 30.4 Å². The van der Waals surface area contributed by atoms with Gasteiger partial charge in [-0.3, -0.25) is 10.1 Å². The van der Waals surface area contributed by atoms with Crippen LogP contribution in [0.2, 0.25) is 5.02 Å². The third-order valence-electron chi connectivity index (χ3n) is 2.76. The number of hydrogen-bond donors (Lipinski definition) is 2. The van der Waals surface area contributed by atoms with Crippen molar-refractivity contribution in [2.45, 2.75) is 26.3 Å². The maximum atomic E-state index is 12.3. The molecule has 0 spiro atoms. The van der Waals surface area contributed by atoms with Crippen LogP contribution in [-0.4, -0.2) is 23.7 Å². The molecule has 1 amide bonds. The van der Waals surface area contributed by atoms with Gasteiger partial charge in [0.05, 0.1) is 12.1 Å². The van der Waals surface area contributed by atoms with Crippen LogP contribution in [0.25, 0.3) is 10.1 Å². The van der Waals surface area contributed by atoms with E-state index >= 15 is 0 Å². The minimum atomic E-state index is -0.313. The fourth-order valence-electron chi connectivity index (χ4n) is 1.85. The topological polar surface area (TPSA) is 50.4 Å². The fraction of sp³-hybridized carbons (Fsp3) is 0.333.